The summed E-state index contributed by atoms with van der Waals surface area (Å²) in [6.07, 6.45) is 0. The zero-order chi connectivity index (χ0) is 17.2. The van der Waals surface area contributed by atoms with Gasteiger partial charge in [0, 0.05) is 16.6 Å². The van der Waals surface area contributed by atoms with Crippen molar-refractivity contribution in [2.75, 3.05) is 25.1 Å². The number of rotatable bonds is 4. The summed E-state index contributed by atoms with van der Waals surface area (Å²) in [5, 5.41) is 3.27. The highest BCUT2D eigenvalue weighted by Gasteiger charge is 2.16. The fourth-order valence-corrected chi connectivity index (χ4v) is 3.51. The molecular formula is C17H13BrN2O4S. The van der Waals surface area contributed by atoms with Gasteiger partial charge in [0.15, 0.2) is 23.2 Å². The summed E-state index contributed by atoms with van der Waals surface area (Å²) in [5.74, 6) is 1.75. The molecule has 25 heavy (non-hydrogen) atoms. The van der Waals surface area contributed by atoms with Crippen LogP contribution in [0.1, 0.15) is 0 Å². The lowest BCUT2D eigenvalue weighted by molar-refractivity contribution is -0.118. The molecule has 2 aromatic carbocycles. The number of aromatic nitrogens is 1. The molecule has 128 valence electrons. The molecule has 0 saturated heterocycles. The number of nitrogens with one attached hydrogen (secondary N) is 1. The molecule has 2 heterocycles. The van der Waals surface area contributed by atoms with Gasteiger partial charge in [0.25, 0.3) is 5.91 Å². The lowest BCUT2D eigenvalue weighted by atomic mass is 10.3. The highest BCUT2D eigenvalue weighted by Crippen LogP contribution is 2.37. The molecule has 0 saturated carbocycles. The fourth-order valence-electron chi connectivity index (χ4n) is 2.35. The minimum Gasteiger partial charge on any atom is -0.486 e. The Labute approximate surface area is 155 Å². The summed E-state index contributed by atoms with van der Waals surface area (Å²) in [7, 11) is 0. The van der Waals surface area contributed by atoms with Gasteiger partial charge in [0.2, 0.25) is 0 Å². The maximum atomic E-state index is 12.1. The molecule has 0 bridgehead atoms. The van der Waals surface area contributed by atoms with Crippen molar-refractivity contribution in [2.24, 2.45) is 0 Å². The lowest BCUT2D eigenvalue weighted by Gasteiger charge is -2.17. The zero-order valence-corrected chi connectivity index (χ0v) is 15.4. The van der Waals surface area contributed by atoms with E-state index in [1.165, 1.54) is 11.3 Å². The van der Waals surface area contributed by atoms with E-state index in [-0.39, 0.29) is 12.5 Å². The smallest absolute Gasteiger partial charge is 0.264 e. The van der Waals surface area contributed by atoms with Crippen LogP contribution in [0.5, 0.6) is 17.2 Å². The first-order chi connectivity index (χ1) is 12.2. The van der Waals surface area contributed by atoms with Gasteiger partial charge in [-0.2, -0.15) is 0 Å². The number of benzene rings is 2. The number of thiazole rings is 1. The van der Waals surface area contributed by atoms with E-state index in [1.807, 2.05) is 24.3 Å². The molecule has 0 radical (unpaired) electrons. The van der Waals surface area contributed by atoms with Crippen molar-refractivity contribution in [3.63, 3.8) is 0 Å². The number of hydrogen-bond donors (Lipinski definition) is 1. The highest BCUT2D eigenvalue weighted by molar-refractivity contribution is 9.10. The Morgan fingerprint density at radius 3 is 2.68 bits per heavy atom. The molecule has 0 spiro atoms. The number of hydrogen-bond acceptors (Lipinski definition) is 6. The summed E-state index contributed by atoms with van der Waals surface area (Å²) < 4.78 is 18.4. The normalized spacial score (nSPS) is 12.8. The van der Waals surface area contributed by atoms with Crippen LogP contribution in [0.3, 0.4) is 0 Å². The molecule has 3 aromatic rings. The average Bonchev–Trinajstić information content (AvgIpc) is 3.00. The third-order valence-corrected chi connectivity index (χ3v) is 4.94. The monoisotopic (exact) mass is 420 g/mol. The minimum absolute atomic E-state index is 0.0831. The maximum Gasteiger partial charge on any atom is 0.264 e. The Kier molecular flexibility index (Phi) is 4.46. The van der Waals surface area contributed by atoms with E-state index in [0.29, 0.717) is 35.6 Å². The summed E-state index contributed by atoms with van der Waals surface area (Å²) in [6.45, 7) is 0.980. The minimum atomic E-state index is -0.265. The van der Waals surface area contributed by atoms with E-state index >= 15 is 0 Å². The predicted octanol–water partition coefficient (Wildman–Crippen LogP) is 3.85. The molecule has 8 heteroatoms. The second kappa shape index (κ2) is 6.89. The van der Waals surface area contributed by atoms with Gasteiger partial charge in [0.05, 0.1) is 10.2 Å². The number of carbonyl (C=O) groups is 1. The summed E-state index contributed by atoms with van der Waals surface area (Å²) in [6, 6.07) is 11.0. The van der Waals surface area contributed by atoms with Gasteiger partial charge < -0.3 is 14.2 Å². The molecule has 0 unspecified atom stereocenters. The molecule has 1 aromatic heterocycles. The molecular weight excluding hydrogens is 408 g/mol. The van der Waals surface area contributed by atoms with Gasteiger partial charge in [-0.1, -0.05) is 27.3 Å². The number of nitrogens with zero attached hydrogens (tertiary/aromatic N) is 1. The van der Waals surface area contributed by atoms with E-state index in [4.69, 9.17) is 14.2 Å². The zero-order valence-electron chi connectivity index (χ0n) is 13.0. The van der Waals surface area contributed by atoms with Crippen LogP contribution in [-0.2, 0) is 4.79 Å². The van der Waals surface area contributed by atoms with Crippen molar-refractivity contribution in [3.05, 3.63) is 40.9 Å². The van der Waals surface area contributed by atoms with Crippen LogP contribution < -0.4 is 19.5 Å². The Balaban J connectivity index is 1.43. The van der Waals surface area contributed by atoms with Crippen molar-refractivity contribution in [2.45, 2.75) is 0 Å². The van der Waals surface area contributed by atoms with Crippen molar-refractivity contribution < 1.29 is 19.0 Å². The number of carbonyl (C=O) groups excluding carboxylic acids is 1. The molecule has 1 aliphatic rings. The van der Waals surface area contributed by atoms with Gasteiger partial charge in [-0.25, -0.2) is 4.98 Å². The van der Waals surface area contributed by atoms with Gasteiger partial charge >= 0.3 is 0 Å². The Hall–Kier alpha value is -2.32. The van der Waals surface area contributed by atoms with E-state index in [2.05, 4.69) is 26.2 Å². The van der Waals surface area contributed by atoms with Gasteiger partial charge in [-0.15, -0.1) is 0 Å². The largest absolute Gasteiger partial charge is 0.486 e. The summed E-state index contributed by atoms with van der Waals surface area (Å²) >= 11 is 4.73. The van der Waals surface area contributed by atoms with E-state index < -0.39 is 0 Å². The molecule has 1 amide bonds. The molecule has 0 aliphatic carbocycles. The molecule has 1 N–H and O–H groups in total. The van der Waals surface area contributed by atoms with Crippen molar-refractivity contribution in [3.8, 4) is 17.2 Å². The molecule has 6 nitrogen and oxygen atoms in total. The highest BCUT2D eigenvalue weighted by atomic mass is 79.9. The van der Waals surface area contributed by atoms with Crippen LogP contribution in [0.25, 0.3) is 10.2 Å². The topological polar surface area (TPSA) is 69.7 Å². The number of fused-ring (bicyclic) bond motifs is 2. The number of ether oxygens (including phenoxy) is 3. The number of amides is 1. The van der Waals surface area contributed by atoms with E-state index in [9.17, 15) is 4.79 Å². The predicted molar refractivity (Wildman–Crippen MR) is 98.9 cm³/mol. The standard InChI is InChI=1S/C17H13BrN2O4S/c18-10-1-3-11(4-2-10)24-9-16(21)20-17-19-12-7-13-14(8-15(12)25-17)23-6-5-22-13/h1-4,7-8H,5-6,9H2,(H,19,20,21). The van der Waals surface area contributed by atoms with Crippen LogP contribution in [0.2, 0.25) is 0 Å². The average molecular weight is 421 g/mol. The first kappa shape index (κ1) is 16.2. The van der Waals surface area contributed by atoms with E-state index in [1.54, 1.807) is 12.1 Å². The first-order valence-corrected chi connectivity index (χ1v) is 9.17. The van der Waals surface area contributed by atoms with E-state index in [0.717, 1.165) is 14.7 Å². The van der Waals surface area contributed by atoms with Crippen LogP contribution in [-0.4, -0.2) is 30.7 Å². The number of anilines is 1. The fraction of sp³-hybridized carbons (Fsp3) is 0.176. The summed E-state index contributed by atoms with van der Waals surface area (Å²) in [4.78, 5) is 16.5. The van der Waals surface area contributed by atoms with Crippen molar-refractivity contribution >= 4 is 48.5 Å². The maximum absolute atomic E-state index is 12.1. The summed E-state index contributed by atoms with van der Waals surface area (Å²) in [5.41, 5.74) is 0.762. The Bertz CT molecular complexity index is 883. The van der Waals surface area contributed by atoms with Crippen LogP contribution in [0, 0.1) is 0 Å². The van der Waals surface area contributed by atoms with Crippen molar-refractivity contribution in [1.29, 1.82) is 0 Å². The van der Waals surface area contributed by atoms with Crippen LogP contribution >= 0.6 is 27.3 Å². The quantitative estimate of drug-likeness (QED) is 0.693. The second-order valence-corrected chi connectivity index (χ2v) is 7.22. The molecule has 0 fully saturated rings. The third kappa shape index (κ3) is 3.69. The molecule has 1 aliphatic heterocycles. The van der Waals surface area contributed by atoms with Crippen LogP contribution in [0.4, 0.5) is 5.13 Å². The molecule has 0 atom stereocenters. The van der Waals surface area contributed by atoms with Gasteiger partial charge in [0.1, 0.15) is 19.0 Å². The third-order valence-electron chi connectivity index (χ3n) is 3.48. The molecule has 4 rings (SSSR count). The first-order valence-electron chi connectivity index (χ1n) is 7.56. The second-order valence-electron chi connectivity index (χ2n) is 5.27. The van der Waals surface area contributed by atoms with Gasteiger partial charge in [-0.05, 0) is 24.3 Å². The van der Waals surface area contributed by atoms with Gasteiger partial charge in [-0.3, -0.25) is 10.1 Å². The SMILES string of the molecule is O=C(COc1ccc(Br)cc1)Nc1nc2cc3c(cc2s1)OCCO3. The Morgan fingerprint density at radius 1 is 1.20 bits per heavy atom. The Morgan fingerprint density at radius 2 is 1.92 bits per heavy atom. The van der Waals surface area contributed by atoms with Crippen LogP contribution in [0.15, 0.2) is 40.9 Å². The van der Waals surface area contributed by atoms with Crippen molar-refractivity contribution in [1.82, 2.24) is 4.98 Å². The lowest BCUT2D eigenvalue weighted by Crippen LogP contribution is -2.19. The number of halogens is 1.